The summed E-state index contributed by atoms with van der Waals surface area (Å²) in [5.74, 6) is 0.456. The van der Waals surface area contributed by atoms with Crippen molar-refractivity contribution in [3.05, 3.63) is 64.8 Å². The van der Waals surface area contributed by atoms with E-state index in [4.69, 9.17) is 16.3 Å². The Morgan fingerprint density at radius 3 is 2.70 bits per heavy atom. The zero-order chi connectivity index (χ0) is 16.2. The van der Waals surface area contributed by atoms with E-state index in [2.05, 4.69) is 10.3 Å². The van der Waals surface area contributed by atoms with Crippen molar-refractivity contribution in [3.8, 4) is 5.75 Å². The molecule has 23 heavy (non-hydrogen) atoms. The van der Waals surface area contributed by atoms with Gasteiger partial charge in [-0.15, -0.1) is 0 Å². The Morgan fingerprint density at radius 1 is 1.17 bits per heavy atom. The Bertz CT molecular complexity index is 825. The summed E-state index contributed by atoms with van der Waals surface area (Å²) in [6, 6.07) is 15.0. The summed E-state index contributed by atoms with van der Waals surface area (Å²) in [6.45, 7) is 2.45. The molecule has 0 saturated carbocycles. The van der Waals surface area contributed by atoms with E-state index in [0.717, 1.165) is 22.2 Å². The molecular weight excluding hydrogens is 312 g/mol. The summed E-state index contributed by atoms with van der Waals surface area (Å²) in [5.41, 5.74) is 3.23. The smallest absolute Gasteiger partial charge is 0.258 e. The van der Waals surface area contributed by atoms with Crippen molar-refractivity contribution in [2.75, 3.05) is 6.61 Å². The molecule has 0 aliphatic heterocycles. The third kappa shape index (κ3) is 3.66. The van der Waals surface area contributed by atoms with Crippen LogP contribution in [0.4, 0.5) is 0 Å². The number of carbonyl (C=O) groups is 1. The van der Waals surface area contributed by atoms with Gasteiger partial charge in [-0.3, -0.25) is 4.79 Å². The van der Waals surface area contributed by atoms with Crippen LogP contribution >= 0.6 is 11.6 Å². The zero-order valence-corrected chi connectivity index (χ0v) is 13.5. The Balaban J connectivity index is 1.58. The lowest BCUT2D eigenvalue weighted by molar-refractivity contribution is -0.123. The first kappa shape index (κ1) is 15.4. The first-order chi connectivity index (χ1) is 11.1. The highest BCUT2D eigenvalue weighted by Gasteiger charge is 2.09. The van der Waals surface area contributed by atoms with Gasteiger partial charge in [0.1, 0.15) is 5.75 Å². The van der Waals surface area contributed by atoms with Crippen LogP contribution in [0, 0.1) is 6.92 Å². The van der Waals surface area contributed by atoms with Crippen LogP contribution in [-0.2, 0) is 11.3 Å². The molecular formula is C18H17ClN2O2. The summed E-state index contributed by atoms with van der Waals surface area (Å²) in [5, 5.41) is 4.65. The predicted octanol–water partition coefficient (Wildman–Crippen LogP) is 3.82. The summed E-state index contributed by atoms with van der Waals surface area (Å²) >= 11 is 5.81. The van der Waals surface area contributed by atoms with Crippen LogP contribution in [0.1, 0.15) is 11.3 Å². The molecule has 0 spiro atoms. The molecule has 3 aromatic rings. The molecule has 1 aromatic heterocycles. The van der Waals surface area contributed by atoms with Crippen molar-refractivity contribution in [1.82, 2.24) is 10.3 Å². The van der Waals surface area contributed by atoms with Gasteiger partial charge in [0, 0.05) is 28.2 Å². The predicted molar refractivity (Wildman–Crippen MR) is 91.8 cm³/mol. The molecule has 0 bridgehead atoms. The lowest BCUT2D eigenvalue weighted by Crippen LogP contribution is -2.28. The number of ether oxygens (including phenoxy) is 1. The van der Waals surface area contributed by atoms with Gasteiger partial charge in [0.05, 0.1) is 0 Å². The number of benzene rings is 2. The van der Waals surface area contributed by atoms with E-state index >= 15 is 0 Å². The number of H-pyrrole nitrogens is 1. The summed E-state index contributed by atoms with van der Waals surface area (Å²) in [7, 11) is 0. The van der Waals surface area contributed by atoms with Crippen LogP contribution < -0.4 is 10.1 Å². The van der Waals surface area contributed by atoms with Crippen molar-refractivity contribution < 1.29 is 9.53 Å². The van der Waals surface area contributed by atoms with E-state index in [1.165, 1.54) is 0 Å². The Kier molecular flexibility index (Phi) is 4.53. The van der Waals surface area contributed by atoms with Gasteiger partial charge in [-0.1, -0.05) is 29.8 Å². The quantitative estimate of drug-likeness (QED) is 0.748. The fourth-order valence-electron chi connectivity index (χ4n) is 2.48. The first-order valence-electron chi connectivity index (χ1n) is 7.35. The van der Waals surface area contributed by atoms with E-state index in [1.54, 1.807) is 24.3 Å². The van der Waals surface area contributed by atoms with Crippen molar-refractivity contribution >= 4 is 28.4 Å². The van der Waals surface area contributed by atoms with Crippen LogP contribution in [0.3, 0.4) is 0 Å². The second-order valence-electron chi connectivity index (χ2n) is 5.29. The number of fused-ring (bicyclic) bond motifs is 1. The molecule has 2 N–H and O–H groups in total. The van der Waals surface area contributed by atoms with Crippen molar-refractivity contribution in [1.29, 1.82) is 0 Å². The summed E-state index contributed by atoms with van der Waals surface area (Å²) < 4.78 is 5.43. The number of hydrogen-bond acceptors (Lipinski definition) is 2. The zero-order valence-electron chi connectivity index (χ0n) is 12.7. The first-order valence-corrected chi connectivity index (χ1v) is 7.72. The average molecular weight is 329 g/mol. The maximum absolute atomic E-state index is 12.0. The third-order valence-electron chi connectivity index (χ3n) is 3.67. The molecule has 118 valence electrons. The molecule has 0 aliphatic rings. The molecule has 0 aliphatic carbocycles. The van der Waals surface area contributed by atoms with E-state index in [0.29, 0.717) is 17.3 Å². The number of nitrogens with one attached hydrogen (secondary N) is 2. The Morgan fingerprint density at radius 2 is 1.91 bits per heavy atom. The van der Waals surface area contributed by atoms with Gasteiger partial charge in [0.15, 0.2) is 6.61 Å². The summed E-state index contributed by atoms with van der Waals surface area (Å²) in [6.07, 6.45) is 0. The van der Waals surface area contributed by atoms with E-state index in [-0.39, 0.29) is 12.5 Å². The molecule has 0 unspecified atom stereocenters. The lowest BCUT2D eigenvalue weighted by Gasteiger charge is -2.08. The maximum Gasteiger partial charge on any atom is 0.258 e. The van der Waals surface area contributed by atoms with Crippen LogP contribution in [0.2, 0.25) is 5.02 Å². The second-order valence-corrected chi connectivity index (χ2v) is 5.73. The van der Waals surface area contributed by atoms with Gasteiger partial charge in [-0.2, -0.15) is 0 Å². The topological polar surface area (TPSA) is 54.1 Å². The normalized spacial score (nSPS) is 10.7. The molecule has 0 atom stereocenters. The number of amides is 1. The molecule has 0 saturated heterocycles. The lowest BCUT2D eigenvalue weighted by atomic mass is 10.1. The number of aromatic nitrogens is 1. The van der Waals surface area contributed by atoms with Gasteiger partial charge < -0.3 is 15.0 Å². The monoisotopic (exact) mass is 328 g/mol. The minimum absolute atomic E-state index is 0.0248. The largest absolute Gasteiger partial charge is 0.484 e. The highest BCUT2D eigenvalue weighted by atomic mass is 35.5. The van der Waals surface area contributed by atoms with E-state index in [9.17, 15) is 4.79 Å². The van der Waals surface area contributed by atoms with Crippen molar-refractivity contribution in [2.24, 2.45) is 0 Å². The summed E-state index contributed by atoms with van der Waals surface area (Å²) in [4.78, 5) is 15.3. The molecule has 5 heteroatoms. The standard InChI is InChI=1S/C18H17ClN2O2/c1-12-16(15-4-2-3-5-17(15)21-12)10-20-18(22)11-23-14-8-6-13(19)7-9-14/h2-9,21H,10-11H2,1H3,(H,20,22). The maximum atomic E-state index is 12.0. The fourth-order valence-corrected chi connectivity index (χ4v) is 2.61. The third-order valence-corrected chi connectivity index (χ3v) is 3.92. The molecule has 1 heterocycles. The van der Waals surface area contributed by atoms with Crippen molar-refractivity contribution in [2.45, 2.75) is 13.5 Å². The SMILES string of the molecule is Cc1[nH]c2ccccc2c1CNC(=O)COc1ccc(Cl)cc1. The number of aromatic amines is 1. The fraction of sp³-hybridized carbons (Fsp3) is 0.167. The van der Waals surface area contributed by atoms with Gasteiger partial charge >= 0.3 is 0 Å². The average Bonchev–Trinajstić information content (AvgIpc) is 2.87. The number of rotatable bonds is 5. The minimum atomic E-state index is -0.162. The molecule has 3 rings (SSSR count). The highest BCUT2D eigenvalue weighted by molar-refractivity contribution is 6.30. The molecule has 1 amide bonds. The number of carbonyl (C=O) groups excluding carboxylic acids is 1. The second kappa shape index (κ2) is 6.75. The van der Waals surface area contributed by atoms with Gasteiger partial charge in [-0.25, -0.2) is 0 Å². The molecule has 0 radical (unpaired) electrons. The van der Waals surface area contributed by atoms with E-state index < -0.39 is 0 Å². The van der Waals surface area contributed by atoms with Crippen LogP contribution in [0.25, 0.3) is 10.9 Å². The van der Waals surface area contributed by atoms with Gasteiger partial charge in [-0.05, 0) is 42.8 Å². The van der Waals surface area contributed by atoms with Gasteiger partial charge in [0.25, 0.3) is 5.91 Å². The Hall–Kier alpha value is -2.46. The van der Waals surface area contributed by atoms with Crippen LogP contribution in [0.15, 0.2) is 48.5 Å². The number of hydrogen-bond donors (Lipinski definition) is 2. The van der Waals surface area contributed by atoms with Crippen molar-refractivity contribution in [3.63, 3.8) is 0 Å². The van der Waals surface area contributed by atoms with E-state index in [1.807, 2.05) is 31.2 Å². The number of aryl methyl sites for hydroxylation is 1. The minimum Gasteiger partial charge on any atom is -0.484 e. The number of para-hydroxylation sites is 1. The molecule has 0 fully saturated rings. The molecule has 2 aromatic carbocycles. The number of halogens is 1. The Labute approximate surface area is 139 Å². The van der Waals surface area contributed by atoms with Gasteiger partial charge in [0.2, 0.25) is 0 Å². The molecule has 4 nitrogen and oxygen atoms in total. The highest BCUT2D eigenvalue weighted by Crippen LogP contribution is 2.21. The van der Waals surface area contributed by atoms with Crippen LogP contribution in [-0.4, -0.2) is 17.5 Å². The van der Waals surface area contributed by atoms with Crippen LogP contribution in [0.5, 0.6) is 5.75 Å².